The van der Waals surface area contributed by atoms with Crippen molar-refractivity contribution in [3.8, 4) is 0 Å². The van der Waals surface area contributed by atoms with Crippen LogP contribution in [0.3, 0.4) is 0 Å². The summed E-state index contributed by atoms with van der Waals surface area (Å²) in [4.78, 5) is 11.9. The monoisotopic (exact) mass is 232 g/mol. The lowest BCUT2D eigenvalue weighted by Gasteiger charge is -2.10. The summed E-state index contributed by atoms with van der Waals surface area (Å²) in [5.74, 6) is 0.396. The summed E-state index contributed by atoms with van der Waals surface area (Å²) in [6.45, 7) is 0.660. The quantitative estimate of drug-likeness (QED) is 0.837. The fraction of sp³-hybridized carbons (Fsp3) is 0.500. The Hall–Kier alpha value is -1.35. The molecule has 1 saturated carbocycles. The Kier molecular flexibility index (Phi) is 4.15. The van der Waals surface area contributed by atoms with Gasteiger partial charge in [0, 0.05) is 11.6 Å². The van der Waals surface area contributed by atoms with E-state index >= 15 is 0 Å². The third kappa shape index (κ3) is 3.30. The standard InChI is InChI=1S/C14H20N2O/c15-10-9-11-5-7-13(8-6-11)16-14(17)12-3-1-2-4-12/h5-8,12H,1-4,9-10,15H2,(H,16,17). The molecule has 0 aromatic heterocycles. The Bertz CT molecular complexity index is 366. The van der Waals surface area contributed by atoms with Crippen LogP contribution in [0, 0.1) is 5.92 Å². The van der Waals surface area contributed by atoms with Crippen molar-refractivity contribution in [1.82, 2.24) is 0 Å². The van der Waals surface area contributed by atoms with E-state index in [0.29, 0.717) is 6.54 Å². The average molecular weight is 232 g/mol. The van der Waals surface area contributed by atoms with Crippen LogP contribution in [-0.4, -0.2) is 12.5 Å². The van der Waals surface area contributed by atoms with Gasteiger partial charge in [0.05, 0.1) is 0 Å². The number of nitrogens with one attached hydrogen (secondary N) is 1. The van der Waals surface area contributed by atoms with Gasteiger partial charge >= 0.3 is 0 Å². The van der Waals surface area contributed by atoms with Gasteiger partial charge in [0.15, 0.2) is 0 Å². The summed E-state index contributed by atoms with van der Waals surface area (Å²) in [6.07, 6.45) is 5.34. The molecule has 1 aromatic rings. The van der Waals surface area contributed by atoms with Crippen molar-refractivity contribution in [2.75, 3.05) is 11.9 Å². The second-order valence-corrected chi connectivity index (χ2v) is 4.71. The van der Waals surface area contributed by atoms with E-state index in [-0.39, 0.29) is 11.8 Å². The van der Waals surface area contributed by atoms with E-state index in [1.807, 2.05) is 24.3 Å². The SMILES string of the molecule is NCCc1ccc(NC(=O)C2CCCC2)cc1. The highest BCUT2D eigenvalue weighted by molar-refractivity contribution is 5.92. The Morgan fingerprint density at radius 2 is 1.88 bits per heavy atom. The van der Waals surface area contributed by atoms with E-state index in [1.165, 1.54) is 18.4 Å². The summed E-state index contributed by atoms with van der Waals surface area (Å²) in [6, 6.07) is 7.96. The minimum Gasteiger partial charge on any atom is -0.330 e. The number of carbonyl (C=O) groups is 1. The van der Waals surface area contributed by atoms with Crippen LogP contribution in [0.2, 0.25) is 0 Å². The maximum absolute atomic E-state index is 11.9. The van der Waals surface area contributed by atoms with E-state index in [9.17, 15) is 4.79 Å². The second kappa shape index (κ2) is 5.82. The van der Waals surface area contributed by atoms with Gasteiger partial charge in [0.25, 0.3) is 0 Å². The summed E-state index contributed by atoms with van der Waals surface area (Å²) >= 11 is 0. The zero-order valence-corrected chi connectivity index (χ0v) is 10.1. The molecule has 0 saturated heterocycles. The van der Waals surface area contributed by atoms with Crippen molar-refractivity contribution in [3.63, 3.8) is 0 Å². The number of anilines is 1. The van der Waals surface area contributed by atoms with Crippen LogP contribution in [-0.2, 0) is 11.2 Å². The molecule has 92 valence electrons. The minimum absolute atomic E-state index is 0.175. The predicted octanol–water partition coefficient (Wildman–Crippen LogP) is 2.32. The second-order valence-electron chi connectivity index (χ2n) is 4.71. The molecule has 0 bridgehead atoms. The highest BCUT2D eigenvalue weighted by Crippen LogP contribution is 2.26. The van der Waals surface area contributed by atoms with Crippen molar-refractivity contribution in [2.45, 2.75) is 32.1 Å². The Labute approximate surface area is 102 Å². The van der Waals surface area contributed by atoms with Crippen molar-refractivity contribution in [1.29, 1.82) is 0 Å². The van der Waals surface area contributed by atoms with Crippen molar-refractivity contribution in [3.05, 3.63) is 29.8 Å². The molecule has 0 aliphatic heterocycles. The van der Waals surface area contributed by atoms with Crippen LogP contribution >= 0.6 is 0 Å². The zero-order valence-electron chi connectivity index (χ0n) is 10.1. The fourth-order valence-corrected chi connectivity index (χ4v) is 2.35. The smallest absolute Gasteiger partial charge is 0.227 e. The highest BCUT2D eigenvalue weighted by Gasteiger charge is 2.22. The molecule has 3 nitrogen and oxygen atoms in total. The first kappa shape index (κ1) is 12.1. The van der Waals surface area contributed by atoms with Crippen molar-refractivity contribution in [2.24, 2.45) is 11.7 Å². The molecule has 0 heterocycles. The first-order chi connectivity index (χ1) is 8.29. The van der Waals surface area contributed by atoms with E-state index in [0.717, 1.165) is 24.9 Å². The summed E-state index contributed by atoms with van der Waals surface area (Å²) in [5, 5.41) is 2.98. The van der Waals surface area contributed by atoms with Gasteiger partial charge in [-0.3, -0.25) is 4.79 Å². The topological polar surface area (TPSA) is 55.1 Å². The third-order valence-electron chi connectivity index (χ3n) is 3.38. The van der Waals surface area contributed by atoms with Crippen LogP contribution < -0.4 is 11.1 Å². The lowest BCUT2D eigenvalue weighted by atomic mass is 10.1. The lowest BCUT2D eigenvalue weighted by Crippen LogP contribution is -2.20. The van der Waals surface area contributed by atoms with E-state index < -0.39 is 0 Å². The van der Waals surface area contributed by atoms with Crippen LogP contribution in [0.4, 0.5) is 5.69 Å². The number of benzene rings is 1. The van der Waals surface area contributed by atoms with Gasteiger partial charge < -0.3 is 11.1 Å². The van der Waals surface area contributed by atoms with Gasteiger partial charge in [0.1, 0.15) is 0 Å². The van der Waals surface area contributed by atoms with Crippen molar-refractivity contribution < 1.29 is 4.79 Å². The zero-order chi connectivity index (χ0) is 12.1. The molecule has 3 N–H and O–H groups in total. The largest absolute Gasteiger partial charge is 0.330 e. The van der Waals surface area contributed by atoms with E-state index in [2.05, 4.69) is 5.32 Å². The van der Waals surface area contributed by atoms with Crippen LogP contribution in [0.15, 0.2) is 24.3 Å². The van der Waals surface area contributed by atoms with E-state index in [1.54, 1.807) is 0 Å². The lowest BCUT2D eigenvalue weighted by molar-refractivity contribution is -0.119. The molecular weight excluding hydrogens is 212 g/mol. The molecular formula is C14H20N2O. The molecule has 17 heavy (non-hydrogen) atoms. The number of hydrogen-bond acceptors (Lipinski definition) is 2. The first-order valence-corrected chi connectivity index (χ1v) is 6.39. The predicted molar refractivity (Wildman–Crippen MR) is 69.8 cm³/mol. The molecule has 1 aromatic carbocycles. The maximum atomic E-state index is 11.9. The Morgan fingerprint density at radius 1 is 1.24 bits per heavy atom. The normalized spacial score (nSPS) is 16.1. The van der Waals surface area contributed by atoms with Gasteiger partial charge in [-0.15, -0.1) is 0 Å². The van der Waals surface area contributed by atoms with Gasteiger partial charge in [-0.25, -0.2) is 0 Å². The molecule has 1 amide bonds. The minimum atomic E-state index is 0.175. The average Bonchev–Trinajstić information content (AvgIpc) is 2.86. The highest BCUT2D eigenvalue weighted by atomic mass is 16.1. The molecule has 1 aliphatic carbocycles. The van der Waals surface area contributed by atoms with Gasteiger partial charge in [-0.1, -0.05) is 25.0 Å². The molecule has 3 heteroatoms. The van der Waals surface area contributed by atoms with Crippen LogP contribution in [0.5, 0.6) is 0 Å². The maximum Gasteiger partial charge on any atom is 0.227 e. The molecule has 1 aliphatic rings. The number of hydrogen-bond donors (Lipinski definition) is 2. The number of nitrogens with two attached hydrogens (primary N) is 1. The third-order valence-corrected chi connectivity index (χ3v) is 3.38. The Morgan fingerprint density at radius 3 is 2.47 bits per heavy atom. The van der Waals surface area contributed by atoms with Crippen LogP contribution in [0.1, 0.15) is 31.2 Å². The molecule has 0 spiro atoms. The molecule has 0 radical (unpaired) electrons. The summed E-state index contributed by atoms with van der Waals surface area (Å²) < 4.78 is 0. The molecule has 1 fully saturated rings. The van der Waals surface area contributed by atoms with Gasteiger partial charge in [0.2, 0.25) is 5.91 Å². The molecule has 0 atom stereocenters. The number of carbonyl (C=O) groups excluding carboxylic acids is 1. The van der Waals surface area contributed by atoms with Gasteiger partial charge in [-0.2, -0.15) is 0 Å². The van der Waals surface area contributed by atoms with Crippen molar-refractivity contribution >= 4 is 11.6 Å². The molecule has 2 rings (SSSR count). The fourth-order valence-electron chi connectivity index (χ4n) is 2.35. The first-order valence-electron chi connectivity index (χ1n) is 6.39. The number of amides is 1. The summed E-state index contributed by atoms with van der Waals surface area (Å²) in [7, 11) is 0. The Balaban J connectivity index is 1.91. The van der Waals surface area contributed by atoms with Crippen LogP contribution in [0.25, 0.3) is 0 Å². The number of rotatable bonds is 4. The van der Waals surface area contributed by atoms with E-state index in [4.69, 9.17) is 5.73 Å². The molecule has 0 unspecified atom stereocenters. The van der Waals surface area contributed by atoms with Gasteiger partial charge in [-0.05, 0) is 43.5 Å². The summed E-state index contributed by atoms with van der Waals surface area (Å²) in [5.41, 5.74) is 7.60.